The molecule has 0 spiro atoms. The molecular formula is C12H9N5. The average molecular weight is 223 g/mol. The highest BCUT2D eigenvalue weighted by atomic mass is 15.2. The summed E-state index contributed by atoms with van der Waals surface area (Å²) in [4.78, 5) is 4.32. The minimum atomic E-state index is 0.560. The first-order valence-corrected chi connectivity index (χ1v) is 5.18. The Balaban J connectivity index is 2.35. The predicted molar refractivity (Wildman–Crippen MR) is 61.8 cm³/mol. The van der Waals surface area contributed by atoms with E-state index in [1.165, 1.54) is 0 Å². The lowest BCUT2D eigenvalue weighted by Gasteiger charge is -2.04. The Morgan fingerprint density at radius 2 is 2.24 bits per heavy atom. The van der Waals surface area contributed by atoms with E-state index in [0.717, 1.165) is 17.0 Å². The van der Waals surface area contributed by atoms with Gasteiger partial charge in [0.15, 0.2) is 5.82 Å². The summed E-state index contributed by atoms with van der Waals surface area (Å²) in [6.45, 7) is 1.93. The third kappa shape index (κ3) is 1.39. The highest BCUT2D eigenvalue weighted by molar-refractivity contribution is 5.61. The van der Waals surface area contributed by atoms with E-state index in [4.69, 9.17) is 5.26 Å². The van der Waals surface area contributed by atoms with Crippen LogP contribution >= 0.6 is 0 Å². The van der Waals surface area contributed by atoms with Gasteiger partial charge in [-0.1, -0.05) is 0 Å². The molecule has 0 saturated carbocycles. The van der Waals surface area contributed by atoms with Crippen molar-refractivity contribution < 1.29 is 0 Å². The quantitative estimate of drug-likeness (QED) is 0.630. The minimum Gasteiger partial charge on any atom is -0.291 e. The standard InChI is InChI=1S/C12H9N5/c1-9-7-11-12(14-4-6-17(11)15-9)16-5-2-3-10(16)8-13/h2-7H,1H3. The smallest absolute Gasteiger partial charge is 0.163 e. The molecule has 3 aromatic rings. The molecule has 3 rings (SSSR count). The van der Waals surface area contributed by atoms with E-state index in [9.17, 15) is 0 Å². The van der Waals surface area contributed by atoms with Crippen molar-refractivity contribution in [3.63, 3.8) is 0 Å². The van der Waals surface area contributed by atoms with Crippen molar-refractivity contribution in [1.29, 1.82) is 5.26 Å². The predicted octanol–water partition coefficient (Wildman–Crippen LogP) is 1.70. The Bertz CT molecular complexity index is 729. The minimum absolute atomic E-state index is 0.560. The maximum absolute atomic E-state index is 9.02. The van der Waals surface area contributed by atoms with Gasteiger partial charge in [0.25, 0.3) is 0 Å². The van der Waals surface area contributed by atoms with Gasteiger partial charge < -0.3 is 0 Å². The number of nitrogens with zero attached hydrogens (tertiary/aromatic N) is 5. The summed E-state index contributed by atoms with van der Waals surface area (Å²) >= 11 is 0. The number of rotatable bonds is 1. The van der Waals surface area contributed by atoms with Crippen molar-refractivity contribution in [3.8, 4) is 11.9 Å². The van der Waals surface area contributed by atoms with Gasteiger partial charge in [0.05, 0.1) is 5.69 Å². The van der Waals surface area contributed by atoms with E-state index < -0.39 is 0 Å². The molecule has 0 amide bonds. The Hall–Kier alpha value is -2.61. The van der Waals surface area contributed by atoms with Crippen LogP contribution in [0, 0.1) is 18.3 Å². The molecule has 5 nitrogen and oxygen atoms in total. The molecule has 3 heterocycles. The molecule has 0 aliphatic heterocycles. The summed E-state index contributed by atoms with van der Waals surface area (Å²) in [5.74, 6) is 0.717. The molecule has 0 aromatic carbocycles. The van der Waals surface area contributed by atoms with Gasteiger partial charge in [-0.2, -0.15) is 10.4 Å². The van der Waals surface area contributed by atoms with E-state index in [1.54, 1.807) is 27.5 Å². The molecule has 0 fully saturated rings. The molecule has 0 aliphatic rings. The average Bonchev–Trinajstić information content (AvgIpc) is 2.92. The zero-order valence-corrected chi connectivity index (χ0v) is 9.20. The SMILES string of the molecule is Cc1cc2c(-n3cccc3C#N)nccn2n1. The molecule has 0 saturated heterocycles. The maximum Gasteiger partial charge on any atom is 0.163 e. The maximum atomic E-state index is 9.02. The highest BCUT2D eigenvalue weighted by Gasteiger charge is 2.09. The lowest BCUT2D eigenvalue weighted by molar-refractivity contribution is 0.896. The van der Waals surface area contributed by atoms with Crippen LogP contribution in [0.15, 0.2) is 36.8 Å². The zero-order valence-electron chi connectivity index (χ0n) is 9.20. The molecule has 0 bridgehead atoms. The lowest BCUT2D eigenvalue weighted by Crippen LogP contribution is -2.01. The topological polar surface area (TPSA) is 58.9 Å². The summed E-state index contributed by atoms with van der Waals surface area (Å²) in [6.07, 6.45) is 5.29. The van der Waals surface area contributed by atoms with Crippen LogP contribution in [0.4, 0.5) is 0 Å². The lowest BCUT2D eigenvalue weighted by atomic mass is 10.4. The van der Waals surface area contributed by atoms with Crippen molar-refractivity contribution in [2.45, 2.75) is 6.92 Å². The van der Waals surface area contributed by atoms with Crippen LogP contribution < -0.4 is 0 Å². The molecule has 0 atom stereocenters. The van der Waals surface area contributed by atoms with Gasteiger partial charge in [0.1, 0.15) is 17.3 Å². The van der Waals surface area contributed by atoms with E-state index in [-0.39, 0.29) is 0 Å². The van der Waals surface area contributed by atoms with E-state index >= 15 is 0 Å². The molecule has 17 heavy (non-hydrogen) atoms. The van der Waals surface area contributed by atoms with Gasteiger partial charge >= 0.3 is 0 Å². The van der Waals surface area contributed by atoms with Crippen LogP contribution in [0.1, 0.15) is 11.4 Å². The van der Waals surface area contributed by atoms with Crippen LogP contribution in [0.2, 0.25) is 0 Å². The van der Waals surface area contributed by atoms with Gasteiger partial charge in [-0.15, -0.1) is 0 Å². The molecule has 0 aliphatic carbocycles. The first-order valence-electron chi connectivity index (χ1n) is 5.18. The fourth-order valence-corrected chi connectivity index (χ4v) is 1.87. The van der Waals surface area contributed by atoms with Crippen LogP contribution in [0.3, 0.4) is 0 Å². The van der Waals surface area contributed by atoms with E-state index in [0.29, 0.717) is 5.69 Å². The van der Waals surface area contributed by atoms with Gasteiger partial charge in [-0.05, 0) is 25.1 Å². The Kier molecular flexibility index (Phi) is 1.95. The second-order valence-corrected chi connectivity index (χ2v) is 3.74. The number of hydrogen-bond acceptors (Lipinski definition) is 3. The summed E-state index contributed by atoms with van der Waals surface area (Å²) in [7, 11) is 0. The number of aromatic nitrogens is 4. The molecular weight excluding hydrogens is 214 g/mol. The number of hydrogen-bond donors (Lipinski definition) is 0. The first-order chi connectivity index (χ1) is 8.29. The normalized spacial score (nSPS) is 10.6. The van der Waals surface area contributed by atoms with Crippen molar-refractivity contribution in [2.24, 2.45) is 0 Å². The second kappa shape index (κ2) is 3.46. The third-order valence-corrected chi connectivity index (χ3v) is 2.58. The number of aryl methyl sites for hydroxylation is 1. The van der Waals surface area contributed by atoms with E-state index in [2.05, 4.69) is 16.2 Å². The van der Waals surface area contributed by atoms with Crippen molar-refractivity contribution in [1.82, 2.24) is 19.2 Å². The number of fused-ring (bicyclic) bond motifs is 1. The fourth-order valence-electron chi connectivity index (χ4n) is 1.87. The second-order valence-electron chi connectivity index (χ2n) is 3.74. The molecule has 0 unspecified atom stereocenters. The summed E-state index contributed by atoms with van der Waals surface area (Å²) < 4.78 is 3.52. The Labute approximate surface area is 97.6 Å². The van der Waals surface area contributed by atoms with Crippen LogP contribution in [0.5, 0.6) is 0 Å². The Morgan fingerprint density at radius 1 is 1.35 bits per heavy atom. The van der Waals surface area contributed by atoms with Gasteiger partial charge in [-0.25, -0.2) is 9.50 Å². The van der Waals surface area contributed by atoms with E-state index in [1.807, 2.05) is 25.3 Å². The largest absolute Gasteiger partial charge is 0.291 e. The van der Waals surface area contributed by atoms with Gasteiger partial charge in [0.2, 0.25) is 0 Å². The molecule has 3 aromatic heterocycles. The number of nitriles is 1. The monoisotopic (exact) mass is 223 g/mol. The first kappa shape index (κ1) is 9.60. The van der Waals surface area contributed by atoms with Crippen LogP contribution in [-0.4, -0.2) is 19.2 Å². The van der Waals surface area contributed by atoms with Crippen molar-refractivity contribution >= 4 is 5.52 Å². The van der Waals surface area contributed by atoms with Gasteiger partial charge in [0, 0.05) is 18.6 Å². The molecule has 5 heteroatoms. The summed E-state index contributed by atoms with van der Waals surface area (Å²) in [6, 6.07) is 7.67. The molecule has 0 radical (unpaired) electrons. The molecule has 82 valence electrons. The zero-order chi connectivity index (χ0) is 11.8. The Morgan fingerprint density at radius 3 is 3.06 bits per heavy atom. The molecule has 0 N–H and O–H groups in total. The van der Waals surface area contributed by atoms with Crippen molar-refractivity contribution in [2.75, 3.05) is 0 Å². The van der Waals surface area contributed by atoms with Crippen LogP contribution in [-0.2, 0) is 0 Å². The van der Waals surface area contributed by atoms with Crippen LogP contribution in [0.25, 0.3) is 11.3 Å². The van der Waals surface area contributed by atoms with Crippen molar-refractivity contribution in [3.05, 3.63) is 48.2 Å². The summed E-state index contributed by atoms with van der Waals surface area (Å²) in [5.41, 5.74) is 2.37. The fraction of sp³-hybridized carbons (Fsp3) is 0.0833. The third-order valence-electron chi connectivity index (χ3n) is 2.58. The highest BCUT2D eigenvalue weighted by Crippen LogP contribution is 2.16. The summed E-state index contributed by atoms with van der Waals surface area (Å²) in [5, 5.41) is 13.3. The van der Waals surface area contributed by atoms with Gasteiger partial charge in [-0.3, -0.25) is 4.57 Å².